The van der Waals surface area contributed by atoms with Gasteiger partial charge in [0.1, 0.15) is 0 Å². The Labute approximate surface area is 141 Å². The highest BCUT2D eigenvalue weighted by Gasteiger charge is 2.31. The van der Waals surface area contributed by atoms with Crippen molar-refractivity contribution in [2.45, 2.75) is 31.3 Å². The molecule has 2 N–H and O–H groups in total. The SMILES string of the molecule is CC1SCCN(Cc2noc(CN)n2)C1c1ccccc1.Cl. The van der Waals surface area contributed by atoms with Gasteiger partial charge in [0.15, 0.2) is 5.82 Å². The lowest BCUT2D eigenvalue weighted by atomic mass is 10.0. The maximum absolute atomic E-state index is 5.52. The van der Waals surface area contributed by atoms with Gasteiger partial charge in [-0.3, -0.25) is 4.90 Å². The van der Waals surface area contributed by atoms with Gasteiger partial charge in [0, 0.05) is 23.6 Å². The Morgan fingerprint density at radius 3 is 2.82 bits per heavy atom. The van der Waals surface area contributed by atoms with Crippen molar-refractivity contribution in [3.63, 3.8) is 0 Å². The van der Waals surface area contributed by atoms with E-state index in [0.717, 1.165) is 18.1 Å². The van der Waals surface area contributed by atoms with Gasteiger partial charge in [-0.15, -0.1) is 12.4 Å². The zero-order valence-corrected chi connectivity index (χ0v) is 14.1. The number of halogens is 1. The largest absolute Gasteiger partial charge is 0.338 e. The van der Waals surface area contributed by atoms with E-state index in [1.807, 2.05) is 11.8 Å². The molecule has 22 heavy (non-hydrogen) atoms. The van der Waals surface area contributed by atoms with Gasteiger partial charge in [-0.2, -0.15) is 16.7 Å². The van der Waals surface area contributed by atoms with Crippen LogP contribution in [0, 0.1) is 0 Å². The molecule has 2 atom stereocenters. The monoisotopic (exact) mass is 340 g/mol. The van der Waals surface area contributed by atoms with E-state index in [0.29, 0.717) is 30.3 Å². The number of benzene rings is 1. The number of rotatable bonds is 4. The average Bonchev–Trinajstić information content (AvgIpc) is 2.96. The van der Waals surface area contributed by atoms with Gasteiger partial charge in [-0.05, 0) is 5.56 Å². The van der Waals surface area contributed by atoms with E-state index in [1.54, 1.807) is 0 Å². The van der Waals surface area contributed by atoms with Crippen molar-refractivity contribution in [3.8, 4) is 0 Å². The Kier molecular flexibility index (Phi) is 6.26. The van der Waals surface area contributed by atoms with Crippen molar-refractivity contribution in [2.75, 3.05) is 12.3 Å². The Morgan fingerprint density at radius 1 is 1.36 bits per heavy atom. The van der Waals surface area contributed by atoms with Gasteiger partial charge in [-0.1, -0.05) is 42.4 Å². The van der Waals surface area contributed by atoms with E-state index in [2.05, 4.69) is 52.3 Å². The Balaban J connectivity index is 0.00000176. The van der Waals surface area contributed by atoms with E-state index < -0.39 is 0 Å². The third-order valence-corrected chi connectivity index (χ3v) is 4.97. The van der Waals surface area contributed by atoms with E-state index in [9.17, 15) is 0 Å². The summed E-state index contributed by atoms with van der Waals surface area (Å²) in [6.45, 7) is 4.31. The first kappa shape index (κ1) is 17.3. The summed E-state index contributed by atoms with van der Waals surface area (Å²) in [5, 5.41) is 4.56. The lowest BCUT2D eigenvalue weighted by molar-refractivity contribution is 0.185. The molecule has 0 saturated carbocycles. The molecule has 0 bridgehead atoms. The summed E-state index contributed by atoms with van der Waals surface area (Å²) in [5.74, 6) is 2.35. The van der Waals surface area contributed by atoms with Crippen LogP contribution in [0.4, 0.5) is 0 Å². The molecule has 1 aromatic carbocycles. The van der Waals surface area contributed by atoms with E-state index in [1.165, 1.54) is 5.56 Å². The highest BCUT2D eigenvalue weighted by atomic mass is 35.5. The molecule has 1 saturated heterocycles. The minimum absolute atomic E-state index is 0. The smallest absolute Gasteiger partial charge is 0.240 e. The summed E-state index contributed by atoms with van der Waals surface area (Å²) in [4.78, 5) is 6.76. The van der Waals surface area contributed by atoms with E-state index in [-0.39, 0.29) is 12.4 Å². The molecule has 1 aliphatic rings. The molecular weight excluding hydrogens is 320 g/mol. The second-order valence-corrected chi connectivity index (χ2v) is 6.70. The van der Waals surface area contributed by atoms with Gasteiger partial charge >= 0.3 is 0 Å². The molecule has 0 aliphatic carbocycles. The molecule has 2 heterocycles. The fourth-order valence-corrected chi connectivity index (χ4v) is 4.03. The Hall–Kier alpha value is -1.08. The van der Waals surface area contributed by atoms with Crippen LogP contribution in [0.25, 0.3) is 0 Å². The molecule has 0 spiro atoms. The van der Waals surface area contributed by atoms with Crippen LogP contribution in [0.1, 0.15) is 30.2 Å². The predicted molar refractivity (Wildman–Crippen MR) is 91.0 cm³/mol. The third kappa shape index (κ3) is 3.81. The summed E-state index contributed by atoms with van der Waals surface area (Å²) < 4.78 is 5.11. The van der Waals surface area contributed by atoms with E-state index >= 15 is 0 Å². The molecular formula is C15H21ClN4OS. The van der Waals surface area contributed by atoms with Crippen LogP contribution < -0.4 is 5.73 Å². The fraction of sp³-hybridized carbons (Fsp3) is 0.467. The number of thioether (sulfide) groups is 1. The summed E-state index contributed by atoms with van der Waals surface area (Å²) >= 11 is 2.02. The van der Waals surface area contributed by atoms with Gasteiger partial charge in [0.2, 0.25) is 5.89 Å². The molecule has 120 valence electrons. The average molecular weight is 341 g/mol. The van der Waals surface area contributed by atoms with Crippen molar-refractivity contribution in [2.24, 2.45) is 5.73 Å². The number of hydrogen-bond acceptors (Lipinski definition) is 6. The minimum atomic E-state index is 0. The number of aromatic nitrogens is 2. The van der Waals surface area contributed by atoms with Gasteiger partial charge in [0.25, 0.3) is 0 Å². The first-order valence-electron chi connectivity index (χ1n) is 7.20. The van der Waals surface area contributed by atoms with E-state index in [4.69, 9.17) is 10.3 Å². The van der Waals surface area contributed by atoms with Crippen LogP contribution in [0.15, 0.2) is 34.9 Å². The number of hydrogen-bond donors (Lipinski definition) is 1. The molecule has 7 heteroatoms. The van der Waals surface area contributed by atoms with Gasteiger partial charge in [-0.25, -0.2) is 0 Å². The van der Waals surface area contributed by atoms with Crippen LogP contribution >= 0.6 is 24.2 Å². The fourth-order valence-electron chi connectivity index (χ4n) is 2.81. The first-order valence-corrected chi connectivity index (χ1v) is 8.25. The molecule has 2 unspecified atom stereocenters. The standard InChI is InChI=1S/C15H20N4OS.ClH/c1-11-15(12-5-3-2-4-6-12)19(7-8-21-11)10-13-17-14(9-16)20-18-13;/h2-6,11,15H,7-10,16H2,1H3;1H. The normalized spacial score (nSPS) is 22.3. The minimum Gasteiger partial charge on any atom is -0.338 e. The zero-order valence-electron chi connectivity index (χ0n) is 12.5. The summed E-state index contributed by atoms with van der Waals surface area (Å²) in [6, 6.07) is 11.0. The number of nitrogens with zero attached hydrogens (tertiary/aromatic N) is 3. The second kappa shape index (κ2) is 7.97. The maximum Gasteiger partial charge on any atom is 0.240 e. The summed E-state index contributed by atoms with van der Waals surface area (Å²) in [7, 11) is 0. The molecule has 2 aromatic rings. The topological polar surface area (TPSA) is 68.2 Å². The summed E-state index contributed by atoms with van der Waals surface area (Å²) in [6.07, 6.45) is 0. The molecule has 0 radical (unpaired) electrons. The Morgan fingerprint density at radius 2 is 2.14 bits per heavy atom. The van der Waals surface area contributed by atoms with Crippen LogP contribution in [-0.2, 0) is 13.1 Å². The molecule has 1 aliphatic heterocycles. The van der Waals surface area contributed by atoms with Crippen molar-refractivity contribution < 1.29 is 4.52 Å². The molecule has 5 nitrogen and oxygen atoms in total. The van der Waals surface area contributed by atoms with Gasteiger partial charge in [0.05, 0.1) is 13.1 Å². The van der Waals surface area contributed by atoms with Crippen LogP contribution in [0.5, 0.6) is 0 Å². The van der Waals surface area contributed by atoms with Crippen LogP contribution in [0.2, 0.25) is 0 Å². The molecule has 1 fully saturated rings. The third-order valence-electron chi connectivity index (χ3n) is 3.77. The lowest BCUT2D eigenvalue weighted by Crippen LogP contribution is -2.39. The predicted octanol–water partition coefficient (Wildman–Crippen LogP) is 2.63. The first-order chi connectivity index (χ1) is 10.3. The zero-order chi connectivity index (χ0) is 14.7. The van der Waals surface area contributed by atoms with Crippen LogP contribution in [0.3, 0.4) is 0 Å². The highest BCUT2D eigenvalue weighted by Crippen LogP contribution is 2.36. The van der Waals surface area contributed by atoms with Crippen molar-refractivity contribution >= 4 is 24.2 Å². The van der Waals surface area contributed by atoms with Crippen molar-refractivity contribution in [3.05, 3.63) is 47.6 Å². The van der Waals surface area contributed by atoms with Crippen molar-refractivity contribution in [1.29, 1.82) is 0 Å². The highest BCUT2D eigenvalue weighted by molar-refractivity contribution is 8.00. The number of nitrogens with two attached hydrogens (primary N) is 1. The Bertz CT molecular complexity index is 580. The summed E-state index contributed by atoms with van der Waals surface area (Å²) in [5.41, 5.74) is 6.87. The quantitative estimate of drug-likeness (QED) is 0.922. The molecule has 1 aromatic heterocycles. The van der Waals surface area contributed by atoms with Crippen molar-refractivity contribution in [1.82, 2.24) is 15.0 Å². The van der Waals surface area contributed by atoms with Crippen LogP contribution in [-0.4, -0.2) is 32.6 Å². The maximum atomic E-state index is 5.52. The second-order valence-electron chi connectivity index (χ2n) is 5.21. The molecule has 3 rings (SSSR count). The molecule has 0 amide bonds. The lowest BCUT2D eigenvalue weighted by Gasteiger charge is -2.39. The van der Waals surface area contributed by atoms with Gasteiger partial charge < -0.3 is 10.3 Å².